The highest BCUT2D eigenvalue weighted by Gasteiger charge is 2.19. The molecule has 1 aliphatic rings. The molecule has 1 aliphatic heterocycles. The molecule has 0 amide bonds. The summed E-state index contributed by atoms with van der Waals surface area (Å²) in [5.41, 5.74) is 12.1. The van der Waals surface area contributed by atoms with Crippen LogP contribution in [-0.4, -0.2) is 66.5 Å². The maximum Gasteiger partial charge on any atom is 0.135 e. The lowest BCUT2D eigenvalue weighted by Gasteiger charge is -2.35. The molecule has 194 valence electrons. The number of aromatic nitrogens is 2. The normalized spacial score (nSPS) is 14.4. The molecule has 2 N–H and O–H groups in total. The predicted molar refractivity (Wildman–Crippen MR) is 153 cm³/mol. The summed E-state index contributed by atoms with van der Waals surface area (Å²) in [5.74, 6) is 7.99. The van der Waals surface area contributed by atoms with Crippen molar-refractivity contribution in [2.75, 3.05) is 57.5 Å². The molecular formula is C29H35ClN6O. The van der Waals surface area contributed by atoms with Crippen molar-refractivity contribution in [3.05, 3.63) is 70.7 Å². The Morgan fingerprint density at radius 1 is 1.16 bits per heavy atom. The van der Waals surface area contributed by atoms with Crippen LogP contribution < -0.4 is 15.4 Å². The van der Waals surface area contributed by atoms with Gasteiger partial charge in [-0.2, -0.15) is 0 Å². The average molecular weight is 519 g/mol. The van der Waals surface area contributed by atoms with Crippen LogP contribution in [0.1, 0.15) is 34.4 Å². The molecule has 8 heteroatoms. The van der Waals surface area contributed by atoms with Gasteiger partial charge in [0.05, 0.1) is 30.5 Å². The van der Waals surface area contributed by atoms with Crippen molar-refractivity contribution < 1.29 is 4.74 Å². The van der Waals surface area contributed by atoms with Crippen molar-refractivity contribution in [1.29, 1.82) is 0 Å². The number of nitrogens with two attached hydrogens (primary N) is 1. The van der Waals surface area contributed by atoms with E-state index in [1.54, 1.807) is 14.2 Å². The first-order chi connectivity index (χ1) is 17.9. The number of rotatable bonds is 7. The van der Waals surface area contributed by atoms with Gasteiger partial charge in [-0.05, 0) is 26.0 Å². The summed E-state index contributed by atoms with van der Waals surface area (Å²) in [6, 6.07) is 10.6. The average Bonchev–Trinajstić information content (AvgIpc) is 3.23. The Labute approximate surface area is 224 Å². The molecular weight excluding hydrogens is 484 g/mol. The number of ether oxygens (including phenoxy) is 1. The molecule has 7 nitrogen and oxygen atoms in total. The zero-order valence-corrected chi connectivity index (χ0v) is 22.8. The Hall–Kier alpha value is -3.47. The number of benzene rings is 1. The number of para-hydroxylation sites is 1. The van der Waals surface area contributed by atoms with E-state index in [1.807, 2.05) is 30.8 Å². The molecule has 37 heavy (non-hydrogen) atoms. The number of pyridine rings is 1. The van der Waals surface area contributed by atoms with Gasteiger partial charge in [-0.25, -0.2) is 0 Å². The fourth-order valence-electron chi connectivity index (χ4n) is 4.76. The molecule has 1 fully saturated rings. The number of hydrogen-bond acceptors (Lipinski definition) is 6. The van der Waals surface area contributed by atoms with Crippen LogP contribution in [0, 0.1) is 25.7 Å². The summed E-state index contributed by atoms with van der Waals surface area (Å²) in [6.07, 6.45) is 4.53. The van der Waals surface area contributed by atoms with E-state index in [2.05, 4.69) is 61.9 Å². The van der Waals surface area contributed by atoms with Gasteiger partial charge in [-0.1, -0.05) is 41.6 Å². The number of nitrogens with zero attached hydrogens (tertiary/aromatic N) is 5. The quantitative estimate of drug-likeness (QED) is 0.372. The van der Waals surface area contributed by atoms with Crippen molar-refractivity contribution in [3.63, 3.8) is 0 Å². The van der Waals surface area contributed by atoms with Gasteiger partial charge in [0.1, 0.15) is 16.7 Å². The Bertz CT molecular complexity index is 1310. The Morgan fingerprint density at radius 3 is 2.57 bits per heavy atom. The minimum Gasteiger partial charge on any atom is -0.496 e. The van der Waals surface area contributed by atoms with Crippen molar-refractivity contribution >= 4 is 28.3 Å². The molecule has 1 aromatic carbocycles. The second-order valence-corrected chi connectivity index (χ2v) is 9.57. The lowest BCUT2D eigenvalue weighted by atomic mass is 10.1. The molecule has 0 aliphatic carbocycles. The van der Waals surface area contributed by atoms with Crippen LogP contribution in [0.4, 0.5) is 11.5 Å². The summed E-state index contributed by atoms with van der Waals surface area (Å²) >= 11 is 6.46. The first-order valence-corrected chi connectivity index (χ1v) is 12.9. The van der Waals surface area contributed by atoms with Crippen LogP contribution in [0.5, 0.6) is 5.75 Å². The maximum absolute atomic E-state index is 6.52. The summed E-state index contributed by atoms with van der Waals surface area (Å²) in [4.78, 5) is 13.7. The van der Waals surface area contributed by atoms with Gasteiger partial charge < -0.3 is 19.9 Å². The molecule has 3 heterocycles. The van der Waals surface area contributed by atoms with Crippen LogP contribution in [0.3, 0.4) is 0 Å². The first-order valence-electron chi connectivity index (χ1n) is 12.5. The molecule has 0 unspecified atom stereocenters. The maximum atomic E-state index is 6.52. The summed E-state index contributed by atoms with van der Waals surface area (Å²) in [6.45, 7) is 9.54. The van der Waals surface area contributed by atoms with E-state index in [1.165, 1.54) is 5.69 Å². The summed E-state index contributed by atoms with van der Waals surface area (Å²) in [7, 11) is 3.33. The molecule has 0 radical (unpaired) electrons. The van der Waals surface area contributed by atoms with Gasteiger partial charge in [0.25, 0.3) is 0 Å². The molecule has 0 atom stereocenters. The Morgan fingerprint density at radius 2 is 1.89 bits per heavy atom. The van der Waals surface area contributed by atoms with Crippen molar-refractivity contribution in [2.45, 2.75) is 26.8 Å². The molecule has 0 bridgehead atoms. The third-order valence-corrected chi connectivity index (χ3v) is 7.22. The number of anilines is 2. The second kappa shape index (κ2) is 12.2. The molecule has 2 aromatic heterocycles. The van der Waals surface area contributed by atoms with Crippen LogP contribution in [-0.2, 0) is 6.54 Å². The fourth-order valence-corrected chi connectivity index (χ4v) is 4.96. The van der Waals surface area contributed by atoms with E-state index in [9.17, 15) is 0 Å². The van der Waals surface area contributed by atoms with E-state index < -0.39 is 0 Å². The molecule has 0 saturated carbocycles. The standard InChI is InChI=1S/C29H35ClN6O/c1-21-18-33-25(22(2)27(21)37-4)20-36-19-23(26(29(36)31)28(30)32-3)10-8-9-13-34-14-16-35(17-15-34)24-11-6-5-7-12-24/h5-7,11-12,18-19H,9,13-17,20,31H2,1-4H3. The number of hydrogen-bond donors (Lipinski definition) is 1. The number of nitrogen functional groups attached to an aromatic ring is 1. The topological polar surface area (TPSA) is 71.9 Å². The Balaban J connectivity index is 1.44. The van der Waals surface area contributed by atoms with E-state index >= 15 is 0 Å². The SMILES string of the molecule is CN=C(Cl)c1c(C#CCCN2CCN(c3ccccc3)CC2)cn(Cc2ncc(C)c(OC)c2C)c1N. The van der Waals surface area contributed by atoms with Gasteiger partial charge in [0.15, 0.2) is 0 Å². The number of halogens is 1. The number of aliphatic imine (C=N–C) groups is 1. The van der Waals surface area contributed by atoms with E-state index in [4.69, 9.17) is 22.1 Å². The molecule has 0 spiro atoms. The van der Waals surface area contributed by atoms with Gasteiger partial charge in [0, 0.05) is 75.4 Å². The largest absolute Gasteiger partial charge is 0.496 e. The Kier molecular flexibility index (Phi) is 8.75. The van der Waals surface area contributed by atoms with Gasteiger partial charge in [-0.3, -0.25) is 14.9 Å². The van der Waals surface area contributed by atoms with Crippen molar-refractivity contribution in [3.8, 4) is 17.6 Å². The lowest BCUT2D eigenvalue weighted by Crippen LogP contribution is -2.46. The third-order valence-electron chi connectivity index (χ3n) is 6.86. The fraction of sp³-hybridized carbons (Fsp3) is 0.379. The zero-order chi connectivity index (χ0) is 26.4. The minimum absolute atomic E-state index is 0.351. The second-order valence-electron chi connectivity index (χ2n) is 9.21. The van der Waals surface area contributed by atoms with Crippen LogP contribution >= 0.6 is 11.6 Å². The lowest BCUT2D eigenvalue weighted by molar-refractivity contribution is 0.264. The van der Waals surface area contributed by atoms with E-state index in [-0.39, 0.29) is 0 Å². The first kappa shape index (κ1) is 26.6. The highest BCUT2D eigenvalue weighted by atomic mass is 35.5. The van der Waals surface area contributed by atoms with Crippen LogP contribution in [0.25, 0.3) is 0 Å². The number of piperazine rings is 1. The molecule has 3 aromatic rings. The highest BCUT2D eigenvalue weighted by Crippen LogP contribution is 2.27. The smallest absolute Gasteiger partial charge is 0.135 e. The van der Waals surface area contributed by atoms with Crippen LogP contribution in [0.15, 0.2) is 47.7 Å². The molecule has 1 saturated heterocycles. The van der Waals surface area contributed by atoms with Crippen molar-refractivity contribution in [2.24, 2.45) is 4.99 Å². The third kappa shape index (κ3) is 6.10. The van der Waals surface area contributed by atoms with E-state index in [0.29, 0.717) is 23.1 Å². The minimum atomic E-state index is 0.351. The zero-order valence-electron chi connectivity index (χ0n) is 22.1. The van der Waals surface area contributed by atoms with Gasteiger partial charge in [-0.15, -0.1) is 0 Å². The van der Waals surface area contributed by atoms with Crippen molar-refractivity contribution in [1.82, 2.24) is 14.5 Å². The number of methoxy groups -OCH3 is 1. The number of aryl methyl sites for hydroxylation is 1. The van der Waals surface area contributed by atoms with Crippen LogP contribution in [0.2, 0.25) is 0 Å². The van der Waals surface area contributed by atoms with E-state index in [0.717, 1.165) is 67.3 Å². The monoisotopic (exact) mass is 518 g/mol. The highest BCUT2D eigenvalue weighted by molar-refractivity contribution is 6.70. The van der Waals surface area contributed by atoms with Gasteiger partial charge >= 0.3 is 0 Å². The van der Waals surface area contributed by atoms with Gasteiger partial charge in [0.2, 0.25) is 0 Å². The predicted octanol–water partition coefficient (Wildman–Crippen LogP) is 4.32. The summed E-state index contributed by atoms with van der Waals surface area (Å²) in [5, 5.41) is 0.351. The molecule has 4 rings (SSSR count). The summed E-state index contributed by atoms with van der Waals surface area (Å²) < 4.78 is 7.49.